The summed E-state index contributed by atoms with van der Waals surface area (Å²) in [5, 5.41) is 31.1. The van der Waals surface area contributed by atoms with Crippen molar-refractivity contribution in [2.75, 3.05) is 19.9 Å². The molecule has 0 bridgehead atoms. The van der Waals surface area contributed by atoms with Crippen LogP contribution < -0.4 is 5.32 Å². The van der Waals surface area contributed by atoms with Crippen LogP contribution in [0.2, 0.25) is 0 Å². The lowest BCUT2D eigenvalue weighted by atomic mass is 9.93. The molecule has 0 saturated carbocycles. The van der Waals surface area contributed by atoms with Crippen LogP contribution in [0.1, 0.15) is 6.92 Å². The first-order chi connectivity index (χ1) is 9.21. The second-order valence-corrected chi connectivity index (χ2v) is 6.61. The molecule has 1 heterocycles. The van der Waals surface area contributed by atoms with Gasteiger partial charge in [-0.3, -0.25) is 9.36 Å². The van der Waals surface area contributed by atoms with Gasteiger partial charge in [-0.2, -0.15) is 0 Å². The zero-order valence-corrected chi connectivity index (χ0v) is 12.1. The molecule has 0 aromatic carbocycles. The highest BCUT2D eigenvalue weighted by atomic mass is 31.2. The maximum Gasteiger partial charge on any atom is 0.330 e. The molecule has 1 rings (SSSR count). The smallest absolute Gasteiger partial charge is 0.330 e. The van der Waals surface area contributed by atoms with E-state index in [0.717, 1.165) is 7.11 Å². The number of rotatable bonds is 5. The summed E-state index contributed by atoms with van der Waals surface area (Å²) in [4.78, 5) is 20.6. The largest absolute Gasteiger partial charge is 0.394 e. The van der Waals surface area contributed by atoms with E-state index >= 15 is 0 Å². The molecule has 20 heavy (non-hydrogen) atoms. The summed E-state index contributed by atoms with van der Waals surface area (Å²) in [5.41, 5.74) is 0. The molecule has 1 fully saturated rings. The molecule has 0 aliphatic carbocycles. The molecule has 10 heteroatoms. The Morgan fingerprint density at radius 3 is 2.40 bits per heavy atom. The Morgan fingerprint density at radius 2 is 1.95 bits per heavy atom. The molecule has 118 valence electrons. The summed E-state index contributed by atoms with van der Waals surface area (Å²) < 4.78 is 21.3. The highest BCUT2D eigenvalue weighted by molar-refractivity contribution is 7.52. The van der Waals surface area contributed by atoms with Gasteiger partial charge in [0.1, 0.15) is 18.3 Å². The summed E-state index contributed by atoms with van der Waals surface area (Å²) in [6.45, 7) is 0.618. The van der Waals surface area contributed by atoms with Crippen molar-refractivity contribution in [1.29, 1.82) is 0 Å². The maximum atomic E-state index is 11.6. The molecule has 1 amide bonds. The predicted molar refractivity (Wildman–Crippen MR) is 67.1 cm³/mol. The number of carbonyl (C=O) groups excluding carboxylic acids is 1. The zero-order chi connectivity index (χ0) is 15.5. The summed E-state index contributed by atoms with van der Waals surface area (Å²) >= 11 is 0. The van der Waals surface area contributed by atoms with Crippen LogP contribution in [-0.4, -0.2) is 76.5 Å². The minimum absolute atomic E-state index is 0.491. The summed E-state index contributed by atoms with van der Waals surface area (Å²) in [6.07, 6.45) is -5.54. The number of hydrogen-bond acceptors (Lipinski definition) is 7. The molecule has 1 aliphatic rings. The van der Waals surface area contributed by atoms with E-state index in [4.69, 9.17) is 9.84 Å². The van der Waals surface area contributed by atoms with E-state index in [1.165, 1.54) is 6.92 Å². The Hall–Kier alpha value is -0.540. The van der Waals surface area contributed by atoms with Gasteiger partial charge in [-0.1, -0.05) is 0 Å². The van der Waals surface area contributed by atoms with Crippen LogP contribution in [0, 0.1) is 0 Å². The van der Waals surface area contributed by atoms with Crippen LogP contribution in [0.4, 0.5) is 0 Å². The number of hydrogen-bond donors (Lipinski definition) is 5. The Balaban J connectivity index is 2.94. The van der Waals surface area contributed by atoms with Crippen molar-refractivity contribution in [3.63, 3.8) is 0 Å². The number of aliphatic hydroxyl groups is 3. The highest BCUT2D eigenvalue weighted by Crippen LogP contribution is 2.43. The molecule has 6 atom stereocenters. The molecular weight excluding hydrogens is 293 g/mol. The number of aliphatic hydroxyl groups excluding tert-OH is 3. The molecule has 0 radical (unpaired) electrons. The number of ether oxygens (including phenoxy) is 1. The Bertz CT molecular complexity index is 391. The van der Waals surface area contributed by atoms with E-state index in [2.05, 4.69) is 9.84 Å². The summed E-state index contributed by atoms with van der Waals surface area (Å²) in [7, 11) is -2.91. The van der Waals surface area contributed by atoms with Gasteiger partial charge >= 0.3 is 7.60 Å². The first kappa shape index (κ1) is 17.5. The zero-order valence-electron chi connectivity index (χ0n) is 11.2. The average Bonchev–Trinajstić information content (AvgIpc) is 2.37. The fourth-order valence-electron chi connectivity index (χ4n) is 2.06. The van der Waals surface area contributed by atoms with Crippen LogP contribution in [0.25, 0.3) is 0 Å². The van der Waals surface area contributed by atoms with Gasteiger partial charge in [-0.25, -0.2) is 0 Å². The van der Waals surface area contributed by atoms with Crippen molar-refractivity contribution in [3.8, 4) is 0 Å². The average molecular weight is 313 g/mol. The first-order valence-corrected chi connectivity index (χ1v) is 7.75. The first-order valence-electron chi connectivity index (χ1n) is 5.99. The van der Waals surface area contributed by atoms with Crippen LogP contribution in [0.3, 0.4) is 0 Å². The van der Waals surface area contributed by atoms with Crippen molar-refractivity contribution in [3.05, 3.63) is 0 Å². The van der Waals surface area contributed by atoms with Crippen molar-refractivity contribution >= 4 is 13.5 Å². The lowest BCUT2D eigenvalue weighted by Gasteiger charge is -2.42. The van der Waals surface area contributed by atoms with E-state index in [9.17, 15) is 24.5 Å². The normalized spacial score (nSPS) is 37.2. The molecule has 1 saturated heterocycles. The molecule has 0 aromatic rings. The van der Waals surface area contributed by atoms with Crippen LogP contribution in [0.5, 0.6) is 0 Å². The number of amides is 1. The van der Waals surface area contributed by atoms with Gasteiger partial charge in [0, 0.05) is 14.0 Å². The quantitative estimate of drug-likeness (QED) is 0.360. The summed E-state index contributed by atoms with van der Waals surface area (Å²) in [5.74, 6) is -0.498. The van der Waals surface area contributed by atoms with Gasteiger partial charge in [0.2, 0.25) is 5.91 Å². The highest BCUT2D eigenvalue weighted by Gasteiger charge is 2.46. The van der Waals surface area contributed by atoms with Crippen molar-refractivity contribution in [2.45, 2.75) is 37.4 Å². The second-order valence-electron chi connectivity index (χ2n) is 4.61. The van der Waals surface area contributed by atoms with Gasteiger partial charge < -0.3 is 34.8 Å². The minimum Gasteiger partial charge on any atom is -0.394 e. The standard InChI is InChI=1S/C10H20NO8P/c1-5(13)11-8-7(4-20(16,17)18-2)19-6(3-12)9(14)10(8)15/h6-10,12,14-15H,3-4H2,1-2H3,(H,11,13)(H,16,17)/t6-,7-,8-,9-,10-/m1/s1. The van der Waals surface area contributed by atoms with E-state index in [0.29, 0.717) is 0 Å². The van der Waals surface area contributed by atoms with Crippen LogP contribution >= 0.6 is 7.60 Å². The third-order valence-corrected chi connectivity index (χ3v) is 4.49. The third kappa shape index (κ3) is 4.23. The van der Waals surface area contributed by atoms with Gasteiger partial charge in [-0.15, -0.1) is 0 Å². The topological polar surface area (TPSA) is 146 Å². The lowest BCUT2D eigenvalue weighted by Crippen LogP contribution is -2.64. The number of carbonyl (C=O) groups is 1. The Kier molecular flexibility index (Phi) is 6.08. The Labute approximate surface area is 116 Å². The van der Waals surface area contributed by atoms with Crippen molar-refractivity contribution < 1.29 is 38.8 Å². The third-order valence-electron chi connectivity index (χ3n) is 3.09. The molecule has 5 N–H and O–H groups in total. The van der Waals surface area contributed by atoms with Crippen molar-refractivity contribution in [1.82, 2.24) is 5.32 Å². The van der Waals surface area contributed by atoms with Crippen LogP contribution in [-0.2, 0) is 18.6 Å². The Morgan fingerprint density at radius 1 is 1.35 bits per heavy atom. The van der Waals surface area contributed by atoms with E-state index in [1.807, 2.05) is 0 Å². The van der Waals surface area contributed by atoms with Gasteiger partial charge in [0.15, 0.2) is 0 Å². The van der Waals surface area contributed by atoms with Crippen molar-refractivity contribution in [2.24, 2.45) is 0 Å². The lowest BCUT2D eigenvalue weighted by molar-refractivity contribution is -0.190. The predicted octanol–water partition coefficient (Wildman–Crippen LogP) is -2.20. The fraction of sp³-hybridized carbons (Fsp3) is 0.900. The molecule has 9 nitrogen and oxygen atoms in total. The molecule has 1 unspecified atom stereocenters. The monoisotopic (exact) mass is 313 g/mol. The molecule has 0 spiro atoms. The SMILES string of the molecule is COP(=O)(O)C[C@H]1O[C@H](CO)[C@@H](O)[C@H](O)[C@@H]1NC(C)=O. The fourth-order valence-corrected chi connectivity index (χ4v) is 2.98. The van der Waals surface area contributed by atoms with E-state index in [-0.39, 0.29) is 0 Å². The van der Waals surface area contributed by atoms with Gasteiger partial charge in [0.05, 0.1) is 24.9 Å². The minimum atomic E-state index is -3.96. The van der Waals surface area contributed by atoms with E-state index in [1.54, 1.807) is 0 Å². The van der Waals surface area contributed by atoms with Gasteiger partial charge in [-0.05, 0) is 0 Å². The maximum absolute atomic E-state index is 11.6. The van der Waals surface area contributed by atoms with Crippen LogP contribution in [0.15, 0.2) is 0 Å². The second kappa shape index (κ2) is 6.95. The van der Waals surface area contributed by atoms with E-state index < -0.39 is 56.7 Å². The molecule has 1 aliphatic heterocycles. The molecular formula is C10H20NO8P. The number of nitrogens with one attached hydrogen (secondary N) is 1. The van der Waals surface area contributed by atoms with Gasteiger partial charge in [0.25, 0.3) is 0 Å². The summed E-state index contributed by atoms with van der Waals surface area (Å²) in [6, 6.07) is -1.08. The molecule has 0 aromatic heterocycles.